The highest BCUT2D eigenvalue weighted by atomic mass is 16.6. The normalized spacial score (nSPS) is 22.0. The summed E-state index contributed by atoms with van der Waals surface area (Å²) in [6.45, 7) is 7.86. The van der Waals surface area contributed by atoms with Crippen LogP contribution in [0, 0.1) is 5.92 Å². The number of piperidine rings is 1. The van der Waals surface area contributed by atoms with E-state index in [2.05, 4.69) is 10.2 Å². The van der Waals surface area contributed by atoms with Crippen molar-refractivity contribution in [2.75, 3.05) is 20.2 Å². The predicted molar refractivity (Wildman–Crippen MR) is 83.3 cm³/mol. The zero-order valence-corrected chi connectivity index (χ0v) is 14.2. The molecule has 0 N–H and O–H groups in total. The van der Waals surface area contributed by atoms with Crippen LogP contribution in [0.1, 0.15) is 39.3 Å². The number of hydrogen-bond acceptors (Lipinski definition) is 6. The first kappa shape index (κ1) is 17.2. The second kappa shape index (κ2) is 6.52. The Balaban J connectivity index is 2.18. The molecule has 1 aromatic rings. The van der Waals surface area contributed by atoms with Gasteiger partial charge in [-0.1, -0.05) is 6.92 Å². The lowest BCUT2D eigenvalue weighted by atomic mass is 9.86. The molecule has 1 aliphatic heterocycles. The fourth-order valence-electron chi connectivity index (χ4n) is 2.49. The van der Waals surface area contributed by atoms with E-state index in [1.165, 1.54) is 7.11 Å². The fraction of sp³-hybridized carbons (Fsp3) is 0.625. The van der Waals surface area contributed by atoms with E-state index in [9.17, 15) is 9.59 Å². The van der Waals surface area contributed by atoms with Crippen molar-refractivity contribution >= 4 is 11.9 Å². The standard InChI is InChI=1S/C16H23N3O4/c1-10-8-19(15(21)23-16(2,3)4)9-11(14(10)20)12-6-7-13(22-5)18-17-12/h6-7,10-11H,8-9H2,1-5H3. The molecule has 0 radical (unpaired) electrons. The van der Waals surface area contributed by atoms with Gasteiger partial charge in [-0.15, -0.1) is 5.10 Å². The Labute approximate surface area is 136 Å². The second-order valence-electron chi connectivity index (χ2n) is 6.74. The molecular formula is C16H23N3O4. The third kappa shape index (κ3) is 4.18. The topological polar surface area (TPSA) is 81.6 Å². The smallest absolute Gasteiger partial charge is 0.410 e. The van der Waals surface area contributed by atoms with Gasteiger partial charge in [0.2, 0.25) is 5.88 Å². The van der Waals surface area contributed by atoms with Gasteiger partial charge in [0.05, 0.1) is 18.7 Å². The third-order valence-corrected chi connectivity index (χ3v) is 3.60. The molecule has 2 heterocycles. The SMILES string of the molecule is COc1ccc(C2CN(C(=O)OC(C)(C)C)CC(C)C2=O)nn1. The molecule has 7 nitrogen and oxygen atoms in total. The molecule has 0 aromatic carbocycles. The summed E-state index contributed by atoms with van der Waals surface area (Å²) >= 11 is 0. The highest BCUT2D eigenvalue weighted by Crippen LogP contribution is 2.27. The monoisotopic (exact) mass is 321 g/mol. The van der Waals surface area contributed by atoms with E-state index in [0.717, 1.165) is 0 Å². The lowest BCUT2D eigenvalue weighted by molar-refractivity contribution is -0.127. The van der Waals surface area contributed by atoms with E-state index >= 15 is 0 Å². The van der Waals surface area contributed by atoms with Crippen molar-refractivity contribution in [2.24, 2.45) is 5.92 Å². The van der Waals surface area contributed by atoms with Crippen LogP contribution in [0.15, 0.2) is 12.1 Å². The van der Waals surface area contributed by atoms with Gasteiger partial charge >= 0.3 is 6.09 Å². The summed E-state index contributed by atoms with van der Waals surface area (Å²) in [4.78, 5) is 26.3. The first-order valence-corrected chi connectivity index (χ1v) is 7.60. The van der Waals surface area contributed by atoms with Crippen LogP contribution in [-0.4, -0.2) is 52.8 Å². The molecule has 0 aliphatic carbocycles. The van der Waals surface area contributed by atoms with Crippen molar-refractivity contribution in [3.63, 3.8) is 0 Å². The number of carbonyl (C=O) groups excluding carboxylic acids is 2. The Hall–Kier alpha value is -2.18. The Bertz CT molecular complexity index is 580. The zero-order chi connectivity index (χ0) is 17.2. The maximum absolute atomic E-state index is 12.5. The Morgan fingerprint density at radius 3 is 2.48 bits per heavy atom. The predicted octanol–water partition coefficient (Wildman–Crippen LogP) is 2.02. The maximum atomic E-state index is 12.5. The lowest BCUT2D eigenvalue weighted by Gasteiger charge is -2.35. The van der Waals surface area contributed by atoms with E-state index in [4.69, 9.17) is 9.47 Å². The highest BCUT2D eigenvalue weighted by molar-refractivity contribution is 5.89. The molecule has 2 unspecified atom stereocenters. The van der Waals surface area contributed by atoms with Crippen LogP contribution in [0.2, 0.25) is 0 Å². The number of hydrogen-bond donors (Lipinski definition) is 0. The molecule has 1 aliphatic rings. The summed E-state index contributed by atoms with van der Waals surface area (Å²) in [5.41, 5.74) is -0.0344. The molecule has 126 valence electrons. The van der Waals surface area contributed by atoms with Crippen LogP contribution < -0.4 is 4.74 Å². The lowest BCUT2D eigenvalue weighted by Crippen LogP contribution is -2.49. The summed E-state index contributed by atoms with van der Waals surface area (Å²) in [5.74, 6) is -0.326. The maximum Gasteiger partial charge on any atom is 0.410 e. The average Bonchev–Trinajstić information content (AvgIpc) is 2.48. The number of ether oxygens (including phenoxy) is 2. The second-order valence-corrected chi connectivity index (χ2v) is 6.74. The van der Waals surface area contributed by atoms with Crippen LogP contribution in [0.5, 0.6) is 5.88 Å². The highest BCUT2D eigenvalue weighted by Gasteiger charge is 2.38. The van der Waals surface area contributed by atoms with Crippen molar-refractivity contribution in [3.05, 3.63) is 17.8 Å². The summed E-state index contributed by atoms with van der Waals surface area (Å²) in [6.07, 6.45) is -0.414. The molecule has 1 fully saturated rings. The number of methoxy groups -OCH3 is 1. The number of likely N-dealkylation sites (tertiary alicyclic amines) is 1. The number of aromatic nitrogens is 2. The van der Waals surface area contributed by atoms with Crippen molar-refractivity contribution in [1.29, 1.82) is 0 Å². The number of nitrogens with zero attached hydrogens (tertiary/aromatic N) is 3. The Kier molecular flexibility index (Phi) is 4.87. The molecule has 23 heavy (non-hydrogen) atoms. The number of carbonyl (C=O) groups is 2. The average molecular weight is 321 g/mol. The van der Waals surface area contributed by atoms with Gasteiger partial charge < -0.3 is 14.4 Å². The molecule has 2 atom stereocenters. The van der Waals surface area contributed by atoms with Gasteiger partial charge in [0.15, 0.2) is 0 Å². The summed E-state index contributed by atoms with van der Waals surface area (Å²) in [5, 5.41) is 7.95. The minimum absolute atomic E-state index is 0.0595. The summed E-state index contributed by atoms with van der Waals surface area (Å²) < 4.78 is 10.4. The van der Waals surface area contributed by atoms with Crippen LogP contribution >= 0.6 is 0 Å². The molecular weight excluding hydrogens is 298 g/mol. The van der Waals surface area contributed by atoms with Crippen LogP contribution in [0.4, 0.5) is 4.79 Å². The number of rotatable bonds is 2. The van der Waals surface area contributed by atoms with Gasteiger partial charge in [-0.2, -0.15) is 5.10 Å². The van der Waals surface area contributed by atoms with Crippen molar-refractivity contribution in [2.45, 2.75) is 39.2 Å². The molecule has 0 saturated carbocycles. The van der Waals surface area contributed by atoms with E-state index in [0.29, 0.717) is 18.1 Å². The van der Waals surface area contributed by atoms with Crippen molar-refractivity contribution in [1.82, 2.24) is 15.1 Å². The van der Waals surface area contributed by atoms with E-state index in [1.807, 2.05) is 27.7 Å². The molecule has 1 saturated heterocycles. The Morgan fingerprint density at radius 1 is 1.26 bits per heavy atom. The van der Waals surface area contributed by atoms with Gasteiger partial charge in [-0.05, 0) is 26.8 Å². The van der Waals surface area contributed by atoms with Gasteiger partial charge in [0.1, 0.15) is 11.4 Å². The van der Waals surface area contributed by atoms with Gasteiger partial charge in [0, 0.05) is 25.1 Å². The van der Waals surface area contributed by atoms with E-state index < -0.39 is 17.6 Å². The van der Waals surface area contributed by atoms with Crippen molar-refractivity contribution in [3.8, 4) is 5.88 Å². The first-order valence-electron chi connectivity index (χ1n) is 7.60. The Morgan fingerprint density at radius 2 is 1.96 bits per heavy atom. The molecule has 7 heteroatoms. The van der Waals surface area contributed by atoms with Crippen LogP contribution in [0.3, 0.4) is 0 Å². The minimum atomic E-state index is -0.572. The molecule has 0 bridgehead atoms. The summed E-state index contributed by atoms with van der Waals surface area (Å²) in [7, 11) is 1.50. The molecule has 0 spiro atoms. The molecule has 2 rings (SSSR count). The first-order chi connectivity index (χ1) is 10.7. The largest absolute Gasteiger partial charge is 0.480 e. The number of ketones is 1. The van der Waals surface area contributed by atoms with Crippen molar-refractivity contribution < 1.29 is 19.1 Å². The van der Waals surface area contributed by atoms with Crippen LogP contribution in [-0.2, 0) is 9.53 Å². The molecule has 1 aromatic heterocycles. The minimum Gasteiger partial charge on any atom is -0.480 e. The summed E-state index contributed by atoms with van der Waals surface area (Å²) in [6, 6.07) is 3.37. The third-order valence-electron chi connectivity index (χ3n) is 3.60. The van der Waals surface area contributed by atoms with Gasteiger partial charge in [-0.25, -0.2) is 4.79 Å². The van der Waals surface area contributed by atoms with E-state index in [1.54, 1.807) is 17.0 Å². The number of amides is 1. The van der Waals surface area contributed by atoms with Gasteiger partial charge in [-0.3, -0.25) is 4.79 Å². The van der Waals surface area contributed by atoms with Crippen LogP contribution in [0.25, 0.3) is 0 Å². The zero-order valence-electron chi connectivity index (χ0n) is 14.2. The quantitative estimate of drug-likeness (QED) is 0.829. The fourth-order valence-corrected chi connectivity index (χ4v) is 2.49. The number of Topliss-reactive ketones (excluding diaryl/α,β-unsaturated/α-hetero) is 1. The molecule has 1 amide bonds. The van der Waals surface area contributed by atoms with Gasteiger partial charge in [0.25, 0.3) is 0 Å². The van der Waals surface area contributed by atoms with E-state index in [-0.39, 0.29) is 18.2 Å².